The van der Waals surface area contributed by atoms with Crippen LogP contribution in [0.25, 0.3) is 11.5 Å². The largest absolute Gasteiger partial charge is 0.423 e. The Morgan fingerprint density at radius 3 is 2.65 bits per heavy atom. The van der Waals surface area contributed by atoms with E-state index >= 15 is 0 Å². The minimum absolute atomic E-state index is 0.108. The zero-order valence-electron chi connectivity index (χ0n) is 13.0. The van der Waals surface area contributed by atoms with Crippen LogP contribution >= 0.6 is 23.2 Å². The molecule has 7 nitrogen and oxygen atoms in total. The van der Waals surface area contributed by atoms with Gasteiger partial charge in [-0.2, -0.15) is 0 Å². The average Bonchev–Trinajstić information content (AvgIpc) is 3.12. The third-order valence-electron chi connectivity index (χ3n) is 3.37. The first-order valence-corrected chi connectivity index (χ1v) is 9.45. The van der Waals surface area contributed by atoms with Crippen LogP contribution in [0, 0.1) is 0 Å². The van der Waals surface area contributed by atoms with Crippen LogP contribution in [0.1, 0.15) is 5.56 Å². The van der Waals surface area contributed by atoms with Gasteiger partial charge in [0.1, 0.15) is 0 Å². The molecule has 1 heterocycles. The summed E-state index contributed by atoms with van der Waals surface area (Å²) in [5.74, 6) is -0.557. The molecule has 1 aromatic heterocycles. The molecule has 0 atom stereocenters. The molecule has 0 aliphatic heterocycles. The Kier molecular flexibility index (Phi) is 5.26. The summed E-state index contributed by atoms with van der Waals surface area (Å²) in [6.45, 7) is 0. The Bertz CT molecular complexity index is 1050. The second kappa shape index (κ2) is 7.45. The van der Waals surface area contributed by atoms with E-state index in [0.29, 0.717) is 16.1 Å². The van der Waals surface area contributed by atoms with Gasteiger partial charge in [-0.25, -0.2) is 13.1 Å². The summed E-state index contributed by atoms with van der Waals surface area (Å²) in [6, 6.07) is 10.4. The van der Waals surface area contributed by atoms with Gasteiger partial charge in [-0.05, 0) is 35.9 Å². The van der Waals surface area contributed by atoms with E-state index in [2.05, 4.69) is 10.2 Å². The maximum atomic E-state index is 12.4. The molecule has 0 radical (unpaired) electrons. The molecule has 0 saturated carbocycles. The van der Waals surface area contributed by atoms with Gasteiger partial charge in [0.05, 0.1) is 11.3 Å². The Labute approximate surface area is 159 Å². The Balaban J connectivity index is 1.78. The number of sulfonamides is 1. The van der Waals surface area contributed by atoms with E-state index in [1.165, 1.54) is 24.3 Å². The highest BCUT2D eigenvalue weighted by Crippen LogP contribution is 2.22. The highest BCUT2D eigenvalue weighted by Gasteiger charge is 2.20. The molecule has 0 aliphatic rings. The fraction of sp³-hybridized carbons (Fsp3) is 0.0625. The number of hydrogen-bond acceptors (Lipinski definition) is 6. The van der Waals surface area contributed by atoms with E-state index in [-0.39, 0.29) is 22.2 Å². The van der Waals surface area contributed by atoms with Crippen molar-refractivity contribution in [1.29, 1.82) is 0 Å². The standard InChI is InChI=1S/C16H11Cl2N3O4S/c17-12-5-4-10(14(18)8-12)7-15(22)21-26(23,24)13-3-1-2-11(6-13)16-20-19-9-25-16/h1-6,8-9H,7H2,(H,21,22). The third kappa shape index (κ3) is 4.21. The van der Waals surface area contributed by atoms with Crippen molar-refractivity contribution in [3.05, 3.63) is 64.5 Å². The molecular weight excluding hydrogens is 401 g/mol. The number of nitrogens with zero attached hydrogens (tertiary/aromatic N) is 2. The van der Waals surface area contributed by atoms with E-state index in [4.69, 9.17) is 27.6 Å². The molecule has 3 rings (SSSR count). The molecule has 26 heavy (non-hydrogen) atoms. The molecular formula is C16H11Cl2N3O4S. The van der Waals surface area contributed by atoms with Gasteiger partial charge in [0, 0.05) is 15.6 Å². The molecule has 0 spiro atoms. The molecule has 0 aliphatic carbocycles. The summed E-state index contributed by atoms with van der Waals surface area (Å²) in [4.78, 5) is 12.0. The fourth-order valence-corrected chi connectivity index (χ4v) is 3.68. The van der Waals surface area contributed by atoms with E-state index in [9.17, 15) is 13.2 Å². The highest BCUT2D eigenvalue weighted by atomic mass is 35.5. The first kappa shape index (κ1) is 18.4. The quantitative estimate of drug-likeness (QED) is 0.691. The molecule has 3 aromatic rings. The van der Waals surface area contributed by atoms with E-state index in [1.54, 1.807) is 18.2 Å². The van der Waals surface area contributed by atoms with Crippen molar-refractivity contribution in [3.8, 4) is 11.5 Å². The number of carbonyl (C=O) groups excluding carboxylic acids is 1. The van der Waals surface area contributed by atoms with Crippen molar-refractivity contribution in [2.75, 3.05) is 0 Å². The number of amides is 1. The van der Waals surface area contributed by atoms with E-state index < -0.39 is 15.9 Å². The molecule has 0 saturated heterocycles. The number of benzene rings is 2. The average molecular weight is 412 g/mol. The van der Waals surface area contributed by atoms with Gasteiger partial charge in [-0.3, -0.25) is 4.79 Å². The normalized spacial score (nSPS) is 11.3. The number of rotatable bonds is 5. The number of carbonyl (C=O) groups is 1. The zero-order chi connectivity index (χ0) is 18.7. The molecule has 2 aromatic carbocycles. The van der Waals surface area contributed by atoms with Crippen LogP contribution in [0.3, 0.4) is 0 Å². The van der Waals surface area contributed by atoms with Crippen molar-refractivity contribution in [2.45, 2.75) is 11.3 Å². The summed E-state index contributed by atoms with van der Waals surface area (Å²) in [5.41, 5.74) is 0.877. The van der Waals surface area contributed by atoms with Gasteiger partial charge in [0.2, 0.25) is 18.2 Å². The predicted molar refractivity (Wildman–Crippen MR) is 95.2 cm³/mol. The smallest absolute Gasteiger partial charge is 0.264 e. The molecule has 1 amide bonds. The molecule has 10 heteroatoms. The Hall–Kier alpha value is -2.42. The fourth-order valence-electron chi connectivity index (χ4n) is 2.18. The summed E-state index contributed by atoms with van der Waals surface area (Å²) >= 11 is 11.8. The van der Waals surface area contributed by atoms with E-state index in [0.717, 1.165) is 6.39 Å². The van der Waals surface area contributed by atoms with Gasteiger partial charge >= 0.3 is 0 Å². The summed E-state index contributed by atoms with van der Waals surface area (Å²) in [7, 11) is -4.07. The lowest BCUT2D eigenvalue weighted by Gasteiger charge is -2.09. The van der Waals surface area contributed by atoms with Crippen LogP contribution in [0.4, 0.5) is 0 Å². The van der Waals surface area contributed by atoms with Gasteiger partial charge in [0.25, 0.3) is 10.0 Å². The van der Waals surface area contributed by atoms with Crippen molar-refractivity contribution in [1.82, 2.24) is 14.9 Å². The van der Waals surface area contributed by atoms with E-state index in [1.807, 2.05) is 4.72 Å². The maximum Gasteiger partial charge on any atom is 0.264 e. The summed E-state index contributed by atoms with van der Waals surface area (Å²) in [5, 5.41) is 7.96. The van der Waals surface area contributed by atoms with Crippen LogP contribution in [0.15, 0.2) is 58.2 Å². The SMILES string of the molecule is O=C(Cc1ccc(Cl)cc1Cl)NS(=O)(=O)c1cccc(-c2nnco2)c1. The zero-order valence-corrected chi connectivity index (χ0v) is 15.3. The minimum Gasteiger partial charge on any atom is -0.423 e. The topological polar surface area (TPSA) is 102 Å². The lowest BCUT2D eigenvalue weighted by molar-refractivity contribution is -0.118. The van der Waals surface area contributed by atoms with Crippen LogP contribution in [-0.2, 0) is 21.2 Å². The Morgan fingerprint density at radius 2 is 1.96 bits per heavy atom. The van der Waals surface area contributed by atoms with Crippen LogP contribution in [-0.4, -0.2) is 24.5 Å². The second-order valence-electron chi connectivity index (χ2n) is 5.21. The molecule has 1 N–H and O–H groups in total. The molecule has 0 bridgehead atoms. The first-order chi connectivity index (χ1) is 12.3. The number of nitrogens with one attached hydrogen (secondary N) is 1. The number of hydrogen-bond donors (Lipinski definition) is 1. The highest BCUT2D eigenvalue weighted by molar-refractivity contribution is 7.90. The first-order valence-electron chi connectivity index (χ1n) is 7.21. The summed E-state index contributed by atoms with van der Waals surface area (Å²) < 4.78 is 31.9. The van der Waals surface area contributed by atoms with Crippen molar-refractivity contribution < 1.29 is 17.6 Å². The van der Waals surface area contributed by atoms with Gasteiger partial charge in [0.15, 0.2) is 0 Å². The van der Waals surface area contributed by atoms with Crippen LogP contribution in [0.2, 0.25) is 10.0 Å². The number of aromatic nitrogens is 2. The predicted octanol–water partition coefficient (Wildman–Crippen LogP) is 3.09. The molecule has 0 fully saturated rings. The molecule has 134 valence electrons. The van der Waals surface area contributed by atoms with Crippen molar-refractivity contribution in [3.63, 3.8) is 0 Å². The second-order valence-corrected chi connectivity index (χ2v) is 7.74. The monoisotopic (exact) mass is 411 g/mol. The van der Waals surface area contributed by atoms with Crippen molar-refractivity contribution >= 4 is 39.1 Å². The van der Waals surface area contributed by atoms with Crippen LogP contribution < -0.4 is 4.72 Å². The van der Waals surface area contributed by atoms with Gasteiger partial charge in [-0.15, -0.1) is 10.2 Å². The third-order valence-corrected chi connectivity index (χ3v) is 5.32. The van der Waals surface area contributed by atoms with Gasteiger partial charge in [-0.1, -0.05) is 35.3 Å². The number of halogens is 2. The van der Waals surface area contributed by atoms with Crippen LogP contribution in [0.5, 0.6) is 0 Å². The lowest BCUT2D eigenvalue weighted by atomic mass is 10.1. The maximum absolute atomic E-state index is 12.4. The summed E-state index contributed by atoms with van der Waals surface area (Å²) in [6.07, 6.45) is 0.923. The van der Waals surface area contributed by atoms with Crippen molar-refractivity contribution in [2.24, 2.45) is 0 Å². The lowest BCUT2D eigenvalue weighted by Crippen LogP contribution is -2.31. The minimum atomic E-state index is -4.07. The Morgan fingerprint density at radius 1 is 1.15 bits per heavy atom. The van der Waals surface area contributed by atoms with Gasteiger partial charge < -0.3 is 4.42 Å². The molecule has 0 unspecified atom stereocenters.